The maximum absolute atomic E-state index is 13.5. The summed E-state index contributed by atoms with van der Waals surface area (Å²) in [6.07, 6.45) is 0.869. The van der Waals surface area contributed by atoms with E-state index < -0.39 is 18.2 Å². The number of aryl methyl sites for hydroxylation is 2. The number of nitrogens with one attached hydrogen (secondary N) is 1. The number of β-amino-alcohol motifs (C(OH)–C–C–N with tert-alkyl or cyclic N) is 1. The second-order valence-electron chi connectivity index (χ2n) is 21.0. The number of primary amides is 1. The summed E-state index contributed by atoms with van der Waals surface area (Å²) in [7, 11) is 2.06. The number of likely N-dealkylation sites (N-methyl/N-ethyl adjacent to an activating group) is 1. The van der Waals surface area contributed by atoms with Gasteiger partial charge in [-0.1, -0.05) is 53.7 Å². The Morgan fingerprint density at radius 3 is 2.49 bits per heavy atom. The van der Waals surface area contributed by atoms with Crippen LogP contribution in [0.5, 0.6) is 11.8 Å². The number of amides is 4. The summed E-state index contributed by atoms with van der Waals surface area (Å²) in [5.74, 6) is 1.06. The molecule has 10 rings (SSSR count). The molecule has 23 heteroatoms. The number of nitrogens with two attached hydrogens (primary N) is 1. The van der Waals surface area contributed by atoms with Crippen LogP contribution in [0.3, 0.4) is 0 Å². The summed E-state index contributed by atoms with van der Waals surface area (Å²) < 4.78 is 36.0. The first-order chi connectivity index (χ1) is 39.4. The zero-order chi connectivity index (χ0) is 56.4. The van der Waals surface area contributed by atoms with E-state index in [0.29, 0.717) is 89.0 Å². The number of nitriles is 1. The van der Waals surface area contributed by atoms with Gasteiger partial charge in [0.2, 0.25) is 11.8 Å². The molecular formula is C58H70N12O10S. The lowest BCUT2D eigenvalue weighted by Gasteiger charge is -2.41. The number of rotatable bonds is 23. The van der Waals surface area contributed by atoms with E-state index in [0.717, 1.165) is 70.4 Å². The molecule has 0 bridgehead atoms. The molecule has 81 heavy (non-hydrogen) atoms. The van der Waals surface area contributed by atoms with E-state index in [-0.39, 0.29) is 69.0 Å². The van der Waals surface area contributed by atoms with Crippen molar-refractivity contribution in [2.75, 3.05) is 102 Å². The Balaban J connectivity index is 0.675. The third-order valence-electron chi connectivity index (χ3n) is 15.4. The number of aliphatic hydroxyl groups is 1. The molecule has 428 valence electrons. The number of nitrogens with zero attached hydrogens (tertiary/aromatic N) is 10. The Kier molecular flexibility index (Phi) is 18.5. The van der Waals surface area contributed by atoms with Crippen molar-refractivity contribution < 1.29 is 47.7 Å². The lowest BCUT2D eigenvalue weighted by atomic mass is 10.0. The molecule has 3 saturated heterocycles. The van der Waals surface area contributed by atoms with Gasteiger partial charge in [0, 0.05) is 86.5 Å². The second kappa shape index (κ2) is 26.4. The molecule has 3 aromatic carbocycles. The van der Waals surface area contributed by atoms with E-state index in [1.165, 1.54) is 27.0 Å². The predicted octanol–water partition coefficient (Wildman–Crippen LogP) is 4.80. The summed E-state index contributed by atoms with van der Waals surface area (Å²) in [5, 5.41) is 29.3. The fourth-order valence-corrected chi connectivity index (χ4v) is 12.1. The van der Waals surface area contributed by atoms with Gasteiger partial charge in [-0.25, -0.2) is 9.78 Å². The minimum absolute atomic E-state index is 0.0140. The molecule has 0 unspecified atom stereocenters. The first-order valence-electron chi connectivity index (χ1n) is 27.6. The monoisotopic (exact) mass is 1130 g/mol. The number of anilines is 2. The maximum Gasteiger partial charge on any atom is 0.318 e. The molecule has 0 radical (unpaired) electrons. The van der Waals surface area contributed by atoms with Crippen molar-refractivity contribution in [3.05, 3.63) is 106 Å². The third kappa shape index (κ3) is 13.8. The number of ether oxygens (including phenoxy) is 5. The number of carbonyl (C=O) groups is 3. The second-order valence-corrected chi connectivity index (χ2v) is 21.8. The van der Waals surface area contributed by atoms with Crippen molar-refractivity contribution in [1.82, 2.24) is 40.1 Å². The largest absolute Gasteiger partial charge is 0.491 e. The quantitative estimate of drug-likeness (QED) is 0.0728. The van der Waals surface area contributed by atoms with Gasteiger partial charge in [-0.3, -0.25) is 14.5 Å². The molecule has 4 aliphatic heterocycles. The molecule has 22 nitrogen and oxygen atoms in total. The number of likely N-dealkylation sites (tertiary alicyclic amines) is 2. The Morgan fingerprint density at radius 1 is 0.889 bits per heavy atom. The minimum atomic E-state index is -0.836. The minimum Gasteiger partial charge on any atom is -0.491 e. The molecule has 0 saturated carbocycles. The van der Waals surface area contributed by atoms with Gasteiger partial charge in [-0.05, 0) is 56.8 Å². The van der Waals surface area contributed by atoms with Crippen molar-refractivity contribution in [2.24, 2.45) is 5.73 Å². The average molecular weight is 1130 g/mol. The number of urea groups is 1. The highest BCUT2D eigenvalue weighted by molar-refractivity contribution is 7.13. The Labute approximate surface area is 474 Å². The van der Waals surface area contributed by atoms with Crippen LogP contribution in [0, 0.1) is 25.2 Å². The van der Waals surface area contributed by atoms with Crippen LogP contribution in [0.4, 0.5) is 16.3 Å². The van der Waals surface area contributed by atoms with Crippen LogP contribution in [0.25, 0.3) is 21.2 Å². The Morgan fingerprint density at radius 2 is 1.70 bits per heavy atom. The van der Waals surface area contributed by atoms with Crippen molar-refractivity contribution in [1.29, 1.82) is 5.26 Å². The summed E-state index contributed by atoms with van der Waals surface area (Å²) >= 11 is 1.53. The van der Waals surface area contributed by atoms with Crippen molar-refractivity contribution >= 4 is 51.5 Å². The van der Waals surface area contributed by atoms with Crippen LogP contribution < -0.4 is 30.3 Å². The molecule has 3 aromatic heterocycles. The fraction of sp³-hybridized carbons (Fsp3) is 0.483. The summed E-state index contributed by atoms with van der Waals surface area (Å²) in [5.41, 5.74) is 13.9. The van der Waals surface area contributed by atoms with E-state index in [1.54, 1.807) is 23.4 Å². The van der Waals surface area contributed by atoms with Crippen LogP contribution >= 0.6 is 11.3 Å². The van der Waals surface area contributed by atoms with Crippen LogP contribution in [0.1, 0.15) is 53.2 Å². The van der Waals surface area contributed by atoms with E-state index in [1.807, 2.05) is 25.1 Å². The number of carbonyl (C=O) groups excluding carboxylic acids is 3. The maximum atomic E-state index is 13.5. The highest BCUT2D eigenvalue weighted by Gasteiger charge is 2.40. The lowest BCUT2D eigenvalue weighted by molar-refractivity contribution is -0.138. The number of aliphatic hydroxyl groups excluding tert-OH is 1. The van der Waals surface area contributed by atoms with Gasteiger partial charge in [-0.15, -0.1) is 11.3 Å². The summed E-state index contributed by atoms with van der Waals surface area (Å²) in [6.45, 7) is 9.77. The zero-order valence-corrected chi connectivity index (χ0v) is 46.9. The summed E-state index contributed by atoms with van der Waals surface area (Å²) in [6, 6.07) is 23.1. The van der Waals surface area contributed by atoms with Crippen LogP contribution in [0.2, 0.25) is 0 Å². The SMILES string of the molecule is Cc1cc(CC(=O)N2C[C@H](O)C[C@H]2C(=O)NCc2ccc(-c3scnc3C)cc2OCCOCCOCCO[C@@H]2C[C@@H](COc3nc4c(c(N5CCN(C(N)=O)[C@@H](CC#N)C5)n3)CCN(c3cccc5ccccc35)C4)N(C)C2)on1. The molecule has 5 atom stereocenters. The fourth-order valence-electron chi connectivity index (χ4n) is 11.3. The smallest absolute Gasteiger partial charge is 0.318 e. The van der Waals surface area contributed by atoms with Crippen LogP contribution in [-0.4, -0.2) is 181 Å². The lowest BCUT2D eigenvalue weighted by Crippen LogP contribution is -2.57. The van der Waals surface area contributed by atoms with Crippen molar-refractivity contribution in [2.45, 2.75) is 89.4 Å². The molecular weight excluding hydrogens is 1060 g/mol. The number of thiazole rings is 1. The molecule has 6 aromatic rings. The van der Waals surface area contributed by atoms with E-state index in [4.69, 9.17) is 43.9 Å². The Bertz CT molecular complexity index is 3200. The van der Waals surface area contributed by atoms with Gasteiger partial charge in [0.05, 0.1) is 104 Å². The van der Waals surface area contributed by atoms with Crippen molar-refractivity contribution in [3.63, 3.8) is 0 Å². The standard InChI is InChI=1S/C58H70N12O10S/c1-37-25-45(80-65-37)29-53(72)70-32-44(71)28-51(70)56(73)61-30-41-12-11-40(54-38(2)62-36-81-54)26-52(41)78-24-22-76-20-19-75-21-23-77-46-27-43(66(3)33-46)35-79-58-63-49-34-67(50-10-6-8-39-7-4-5-9-47(39)50)16-14-48(49)55(64-58)68-17-18-69(57(60)74)42(31-68)13-15-59/h4-12,25-26,36,42-44,46,51,71H,13-14,16-24,27-35H2,1-3H3,(H2,60,74)(H,61,73)/t42-,43-,44+,46+,51-/m0/s1. The van der Waals surface area contributed by atoms with Crippen molar-refractivity contribution in [3.8, 4) is 28.3 Å². The van der Waals surface area contributed by atoms with Gasteiger partial charge >= 0.3 is 12.0 Å². The Hall–Kier alpha value is -7.46. The highest BCUT2D eigenvalue weighted by atomic mass is 32.1. The van der Waals surface area contributed by atoms with Crippen LogP contribution in [-0.2, 0) is 49.7 Å². The number of piperazine rings is 1. The predicted molar refractivity (Wildman–Crippen MR) is 302 cm³/mol. The first-order valence-corrected chi connectivity index (χ1v) is 28.5. The topological polar surface area (TPSA) is 260 Å². The molecule has 3 fully saturated rings. The highest BCUT2D eigenvalue weighted by Crippen LogP contribution is 2.36. The molecule has 0 aliphatic carbocycles. The van der Waals surface area contributed by atoms with E-state index in [2.05, 4.69) is 85.7 Å². The van der Waals surface area contributed by atoms with Gasteiger partial charge in [-0.2, -0.15) is 15.2 Å². The summed E-state index contributed by atoms with van der Waals surface area (Å²) in [4.78, 5) is 64.3. The number of fused-ring (bicyclic) bond motifs is 2. The average Bonchev–Trinajstić information content (AvgIpc) is 4.37. The number of benzene rings is 3. The molecule has 0 spiro atoms. The van der Waals surface area contributed by atoms with Crippen LogP contribution in [0.15, 0.2) is 76.8 Å². The molecule has 4 N–H and O–H groups in total. The number of hydrogen-bond acceptors (Lipinski definition) is 19. The van der Waals surface area contributed by atoms with Gasteiger partial charge in [0.25, 0.3) is 0 Å². The molecule has 4 amide bonds. The third-order valence-corrected chi connectivity index (χ3v) is 16.4. The van der Waals surface area contributed by atoms with Gasteiger partial charge < -0.3 is 64.0 Å². The first kappa shape index (κ1) is 56.8. The normalized spacial score (nSPS) is 20.2. The molecule has 7 heterocycles. The molecule has 4 aliphatic rings. The van der Waals surface area contributed by atoms with E-state index in [9.17, 15) is 24.8 Å². The number of hydrogen-bond donors (Lipinski definition) is 3. The zero-order valence-electron chi connectivity index (χ0n) is 46.0. The van der Waals surface area contributed by atoms with E-state index >= 15 is 0 Å². The van der Waals surface area contributed by atoms with Gasteiger partial charge in [0.15, 0.2) is 0 Å². The van der Waals surface area contributed by atoms with Gasteiger partial charge in [0.1, 0.15) is 36.6 Å². The number of aromatic nitrogens is 4.